The van der Waals surface area contributed by atoms with Gasteiger partial charge in [-0.2, -0.15) is 0 Å². The van der Waals surface area contributed by atoms with Crippen LogP contribution in [0.1, 0.15) is 51.4 Å². The molecule has 2 saturated heterocycles. The Morgan fingerprint density at radius 3 is 1.03 bits per heavy atom. The minimum atomic E-state index is -0.383. The molecule has 0 aliphatic carbocycles. The molecule has 9 heteroatoms. The van der Waals surface area contributed by atoms with Crippen molar-refractivity contribution in [1.82, 2.24) is 7.96 Å². The minimum absolute atomic E-state index is 0.00480. The van der Waals surface area contributed by atoms with Gasteiger partial charge < -0.3 is 0 Å². The van der Waals surface area contributed by atoms with Gasteiger partial charge in [-0.3, -0.25) is 0 Å². The Morgan fingerprint density at radius 1 is 0.403 bits per heavy atom. The summed E-state index contributed by atoms with van der Waals surface area (Å²) >= 11 is -0.333. The summed E-state index contributed by atoms with van der Waals surface area (Å²) in [6.45, 7) is 11.2. The van der Waals surface area contributed by atoms with Crippen molar-refractivity contribution in [3.63, 3.8) is 0 Å². The Balaban J connectivity index is 1.05. The van der Waals surface area contributed by atoms with E-state index in [2.05, 4.69) is 161 Å². The average Bonchev–Trinajstić information content (AvgIpc) is 3.83. The molecule has 4 N–H and O–H groups in total. The number of nitrogens with two attached hydrogens (primary N) is 2. The first-order chi connectivity index (χ1) is 32.4. The first kappa shape index (κ1) is 43.2. The van der Waals surface area contributed by atoms with Crippen LogP contribution in [0.25, 0.3) is 88.6 Å². The third-order valence-electron chi connectivity index (χ3n) is 12.9. The van der Waals surface area contributed by atoms with Crippen molar-refractivity contribution in [3.05, 3.63) is 169 Å². The van der Waals surface area contributed by atoms with Gasteiger partial charge >= 0.3 is 335 Å². The molecule has 0 spiro atoms. The van der Waals surface area contributed by atoms with Gasteiger partial charge in [0.1, 0.15) is 0 Å². The number of hydrogen-bond acceptors (Lipinski definition) is 8. The normalized spacial score (nSPS) is 16.4. The zero-order valence-corrected chi connectivity index (χ0v) is 39.8. The molecule has 2 aliphatic heterocycles. The summed E-state index contributed by atoms with van der Waals surface area (Å²) in [4.78, 5) is 0. The van der Waals surface area contributed by atoms with Crippen molar-refractivity contribution in [2.24, 2.45) is 10.8 Å². The molecule has 0 saturated carbocycles. The van der Waals surface area contributed by atoms with Crippen molar-refractivity contribution in [3.8, 4) is 66.8 Å². The van der Waals surface area contributed by atoms with Gasteiger partial charge in [-0.1, -0.05) is 27.7 Å². The van der Waals surface area contributed by atoms with Crippen molar-refractivity contribution in [2.45, 2.75) is 40.3 Å². The Bertz CT molecular complexity index is 3030. The molecule has 8 aromatic carbocycles. The molecule has 2 fully saturated rings. The fraction of sp³-hybridized carbons (Fsp3) is 0.207. The number of anilines is 2. The van der Waals surface area contributed by atoms with E-state index in [1.165, 1.54) is 0 Å². The SMILES string of the molecule is CC1(C)COC(c2ccc(-c3cc(-c4ccc(N)cc4)cc(-c4c5ccccc5c(-c5cc(-c6ccc(N)cc6)cc(-c6ccc(C7OCC(C)(C)CO7)cc6)c5)c5n[se]nc45)c3)cc2)OC1. The topological polar surface area (TPSA) is 115 Å². The maximum absolute atomic E-state index is 6.20. The van der Waals surface area contributed by atoms with Gasteiger partial charge in [-0.15, -0.1) is 0 Å². The van der Waals surface area contributed by atoms with Crippen LogP contribution in [0, 0.1) is 10.8 Å². The predicted octanol–water partition coefficient (Wildman–Crippen LogP) is 13.1. The van der Waals surface area contributed by atoms with Crippen LogP contribution in [0.4, 0.5) is 11.4 Å². The van der Waals surface area contributed by atoms with Crippen molar-refractivity contribution >= 4 is 48.1 Å². The summed E-state index contributed by atoms with van der Waals surface area (Å²) in [6, 6.07) is 55.7. The summed E-state index contributed by atoms with van der Waals surface area (Å²) in [5.74, 6) is 0. The van der Waals surface area contributed by atoms with Crippen LogP contribution in [0.2, 0.25) is 0 Å². The van der Waals surface area contributed by atoms with Crippen molar-refractivity contribution in [1.29, 1.82) is 0 Å². The molecule has 0 bridgehead atoms. The van der Waals surface area contributed by atoms with Gasteiger partial charge in [0.05, 0.1) is 26.4 Å². The van der Waals surface area contributed by atoms with Gasteiger partial charge in [0.25, 0.3) is 0 Å². The van der Waals surface area contributed by atoms with E-state index in [9.17, 15) is 0 Å². The van der Waals surface area contributed by atoms with E-state index in [0.29, 0.717) is 26.4 Å². The van der Waals surface area contributed by atoms with E-state index in [1.54, 1.807) is 0 Å². The summed E-state index contributed by atoms with van der Waals surface area (Å²) in [6.07, 6.45) is -0.765. The molecule has 0 amide bonds. The van der Waals surface area contributed by atoms with E-state index in [4.69, 9.17) is 38.4 Å². The number of aromatic nitrogens is 2. The zero-order valence-electron chi connectivity index (χ0n) is 38.1. The van der Waals surface area contributed by atoms with Crippen molar-refractivity contribution in [2.75, 3.05) is 37.9 Å². The van der Waals surface area contributed by atoms with Crippen LogP contribution in [0.3, 0.4) is 0 Å². The number of ether oxygens (including phenoxy) is 4. The van der Waals surface area contributed by atoms with E-state index in [0.717, 1.165) is 111 Å². The zero-order chi connectivity index (χ0) is 45.9. The standard InChI is InChI=1S/C58H52N4O4Se/c1-57(2)31-63-55(64-32-57)39-13-9-35(10-14-39)41-25-43(37-17-21-47(59)22-18-37)29-45(27-41)51-49-7-5-6-8-50(49)52(54-53(51)61-67-62-54)46-28-42(26-44(30-46)38-19-23-48(60)24-20-38)36-11-15-40(16-12-36)56-65-33-58(3,4)34-66-56/h5-30,55-56H,31-34,59-60H2,1-4H3. The average molecular weight is 948 g/mol. The molecule has 8 nitrogen and oxygen atoms in total. The van der Waals surface area contributed by atoms with Gasteiger partial charge in [0.2, 0.25) is 0 Å². The molecule has 67 heavy (non-hydrogen) atoms. The first-order valence-corrected chi connectivity index (χ1v) is 24.3. The molecule has 2 aliphatic rings. The van der Waals surface area contributed by atoms with E-state index < -0.39 is 0 Å². The molecule has 11 rings (SSSR count). The molecular weight excluding hydrogens is 896 g/mol. The number of benzene rings is 8. The molecule has 0 unspecified atom stereocenters. The first-order valence-electron chi connectivity index (χ1n) is 22.8. The maximum atomic E-state index is 6.20. The minimum Gasteiger partial charge on any atom is 0.0574 e. The third-order valence-corrected chi connectivity index (χ3v) is 14.0. The van der Waals surface area contributed by atoms with Crippen LogP contribution in [0.15, 0.2) is 158 Å². The second-order valence-corrected chi connectivity index (χ2v) is 20.7. The monoisotopic (exact) mass is 948 g/mol. The molecule has 0 atom stereocenters. The number of nitrogens with zero attached hydrogens (tertiary/aromatic N) is 2. The molecule has 0 radical (unpaired) electrons. The molecule has 334 valence electrons. The number of rotatable bonds is 8. The molecule has 1 aromatic heterocycles. The Hall–Kier alpha value is -6.42. The Kier molecular flexibility index (Phi) is 11.2. The predicted molar refractivity (Wildman–Crippen MR) is 272 cm³/mol. The second-order valence-electron chi connectivity index (χ2n) is 19.6. The number of fused-ring (bicyclic) bond motifs is 2. The molecule has 9 aromatic rings. The van der Waals surface area contributed by atoms with E-state index >= 15 is 0 Å². The third kappa shape index (κ3) is 8.71. The number of hydrogen-bond donors (Lipinski definition) is 2. The Labute approximate surface area is 397 Å². The van der Waals surface area contributed by atoms with Crippen LogP contribution in [-0.2, 0) is 18.9 Å². The fourth-order valence-electron chi connectivity index (χ4n) is 9.27. The van der Waals surface area contributed by atoms with Crippen LogP contribution in [-0.4, -0.2) is 49.3 Å². The van der Waals surface area contributed by atoms with E-state index in [1.807, 2.05) is 24.3 Å². The van der Waals surface area contributed by atoms with Gasteiger partial charge in [0.15, 0.2) is 0 Å². The van der Waals surface area contributed by atoms with Crippen LogP contribution in [0.5, 0.6) is 0 Å². The van der Waals surface area contributed by atoms with E-state index in [-0.39, 0.29) is 38.4 Å². The van der Waals surface area contributed by atoms with Gasteiger partial charge in [-0.25, -0.2) is 0 Å². The second kappa shape index (κ2) is 17.3. The quantitative estimate of drug-likeness (QED) is 0.114. The molecule has 3 heterocycles. The van der Waals surface area contributed by atoms with Crippen LogP contribution < -0.4 is 11.5 Å². The summed E-state index contributed by atoms with van der Waals surface area (Å²) in [5, 5.41) is 2.22. The fourth-order valence-corrected chi connectivity index (χ4v) is 10.4. The Morgan fingerprint density at radius 2 is 0.701 bits per heavy atom. The number of nitrogen functional groups attached to an aromatic ring is 2. The van der Waals surface area contributed by atoms with Gasteiger partial charge in [0, 0.05) is 10.8 Å². The van der Waals surface area contributed by atoms with Gasteiger partial charge in [-0.05, 0) is 0 Å². The summed E-state index contributed by atoms with van der Waals surface area (Å²) in [5.41, 5.74) is 30.6. The summed E-state index contributed by atoms with van der Waals surface area (Å²) in [7, 11) is 0. The summed E-state index contributed by atoms with van der Waals surface area (Å²) < 4.78 is 35.1. The van der Waals surface area contributed by atoms with Crippen molar-refractivity contribution < 1.29 is 18.9 Å². The smallest absolute Gasteiger partial charge is 0.0574 e. The van der Waals surface area contributed by atoms with Crippen LogP contribution >= 0.6 is 0 Å². The molecular formula is C58H52N4O4Se.